The second-order valence-electron chi connectivity index (χ2n) is 6.45. The van der Waals surface area contributed by atoms with Crippen LogP contribution in [-0.2, 0) is 0 Å². The number of aromatic nitrogens is 1. The van der Waals surface area contributed by atoms with Crippen molar-refractivity contribution in [2.45, 2.75) is 6.92 Å². The van der Waals surface area contributed by atoms with Gasteiger partial charge in [-0.1, -0.05) is 36.4 Å². The van der Waals surface area contributed by atoms with E-state index in [4.69, 9.17) is 14.5 Å². The Labute approximate surface area is 163 Å². The SMILES string of the molecule is COc1cc(C)c(/C=N/Nc2c3ccccc3nc3ccccc23)c(OC)c1. The minimum Gasteiger partial charge on any atom is -0.497 e. The van der Waals surface area contributed by atoms with Crippen LogP contribution in [0.5, 0.6) is 11.5 Å². The number of fused-ring (bicyclic) bond motifs is 2. The van der Waals surface area contributed by atoms with E-state index < -0.39 is 0 Å². The van der Waals surface area contributed by atoms with E-state index in [9.17, 15) is 0 Å². The Morgan fingerprint density at radius 3 is 2.14 bits per heavy atom. The summed E-state index contributed by atoms with van der Waals surface area (Å²) >= 11 is 0. The lowest BCUT2D eigenvalue weighted by Crippen LogP contribution is -1.99. The zero-order valence-corrected chi connectivity index (χ0v) is 16.1. The highest BCUT2D eigenvalue weighted by atomic mass is 16.5. The molecule has 0 saturated heterocycles. The summed E-state index contributed by atoms with van der Waals surface area (Å²) in [6, 6.07) is 19.9. The van der Waals surface area contributed by atoms with E-state index in [1.807, 2.05) is 67.6 Å². The van der Waals surface area contributed by atoms with Gasteiger partial charge in [-0.05, 0) is 30.7 Å². The van der Waals surface area contributed by atoms with Crippen LogP contribution in [0, 0.1) is 6.92 Å². The largest absolute Gasteiger partial charge is 0.497 e. The van der Waals surface area contributed by atoms with Gasteiger partial charge in [-0.2, -0.15) is 5.10 Å². The molecule has 140 valence electrons. The van der Waals surface area contributed by atoms with Crippen LogP contribution in [0.25, 0.3) is 21.8 Å². The first-order valence-corrected chi connectivity index (χ1v) is 9.00. The molecule has 5 nitrogen and oxygen atoms in total. The van der Waals surface area contributed by atoms with E-state index in [0.29, 0.717) is 5.75 Å². The van der Waals surface area contributed by atoms with Gasteiger partial charge >= 0.3 is 0 Å². The van der Waals surface area contributed by atoms with Gasteiger partial charge in [0.1, 0.15) is 11.5 Å². The molecule has 0 amide bonds. The third-order valence-corrected chi connectivity index (χ3v) is 4.74. The molecule has 0 atom stereocenters. The fourth-order valence-electron chi connectivity index (χ4n) is 3.31. The second-order valence-corrected chi connectivity index (χ2v) is 6.45. The highest BCUT2D eigenvalue weighted by Crippen LogP contribution is 2.31. The number of anilines is 1. The number of nitrogens with one attached hydrogen (secondary N) is 1. The summed E-state index contributed by atoms with van der Waals surface area (Å²) < 4.78 is 10.8. The van der Waals surface area contributed by atoms with E-state index in [0.717, 1.165) is 44.4 Å². The Bertz CT molecular complexity index is 1130. The van der Waals surface area contributed by atoms with Crippen LogP contribution in [0.4, 0.5) is 5.69 Å². The molecule has 0 aliphatic heterocycles. The topological polar surface area (TPSA) is 55.7 Å². The zero-order valence-electron chi connectivity index (χ0n) is 16.1. The Morgan fingerprint density at radius 2 is 1.54 bits per heavy atom. The molecule has 1 heterocycles. The van der Waals surface area contributed by atoms with Crippen LogP contribution in [0.1, 0.15) is 11.1 Å². The number of methoxy groups -OCH3 is 2. The molecule has 0 spiro atoms. The normalized spacial score (nSPS) is 11.2. The minimum absolute atomic E-state index is 0.715. The molecule has 1 N–H and O–H groups in total. The summed E-state index contributed by atoms with van der Waals surface area (Å²) in [5, 5.41) is 6.56. The fourth-order valence-corrected chi connectivity index (χ4v) is 3.31. The molecule has 4 aromatic rings. The molecule has 28 heavy (non-hydrogen) atoms. The van der Waals surface area contributed by atoms with Crippen molar-refractivity contribution in [3.63, 3.8) is 0 Å². The molecule has 0 saturated carbocycles. The molecular formula is C23H21N3O2. The lowest BCUT2D eigenvalue weighted by Gasteiger charge is -2.12. The molecule has 0 radical (unpaired) electrons. The van der Waals surface area contributed by atoms with Crippen molar-refractivity contribution in [1.29, 1.82) is 0 Å². The summed E-state index contributed by atoms with van der Waals surface area (Å²) in [5.74, 6) is 1.47. The van der Waals surface area contributed by atoms with Gasteiger partial charge in [0.05, 0.1) is 37.2 Å². The quantitative estimate of drug-likeness (QED) is 0.299. The summed E-state index contributed by atoms with van der Waals surface area (Å²) in [4.78, 5) is 4.74. The number of benzene rings is 3. The van der Waals surface area contributed by atoms with E-state index in [-0.39, 0.29) is 0 Å². The third kappa shape index (κ3) is 3.22. The number of nitrogens with zero attached hydrogens (tertiary/aromatic N) is 2. The highest BCUT2D eigenvalue weighted by molar-refractivity contribution is 6.07. The maximum atomic E-state index is 5.50. The van der Waals surface area contributed by atoms with Gasteiger partial charge in [-0.25, -0.2) is 4.98 Å². The number of pyridine rings is 1. The number of hydrazone groups is 1. The van der Waals surface area contributed by atoms with Crippen molar-refractivity contribution in [3.05, 3.63) is 71.8 Å². The minimum atomic E-state index is 0.715. The number of hydrogen-bond donors (Lipinski definition) is 1. The molecule has 0 aliphatic rings. The predicted octanol–water partition coefficient (Wildman–Crippen LogP) is 5.16. The fraction of sp³-hybridized carbons (Fsp3) is 0.130. The van der Waals surface area contributed by atoms with Gasteiger partial charge in [0.25, 0.3) is 0 Å². The molecular weight excluding hydrogens is 350 g/mol. The second kappa shape index (κ2) is 7.56. The lowest BCUT2D eigenvalue weighted by molar-refractivity contribution is 0.393. The molecule has 0 unspecified atom stereocenters. The van der Waals surface area contributed by atoms with Crippen LogP contribution in [0.2, 0.25) is 0 Å². The number of rotatable bonds is 5. The monoisotopic (exact) mass is 371 g/mol. The predicted molar refractivity (Wildman–Crippen MR) is 115 cm³/mol. The number of para-hydroxylation sites is 2. The Morgan fingerprint density at radius 1 is 0.893 bits per heavy atom. The Kier molecular flexibility index (Phi) is 4.81. The van der Waals surface area contributed by atoms with Crippen LogP contribution >= 0.6 is 0 Å². The molecule has 0 bridgehead atoms. The van der Waals surface area contributed by atoms with E-state index in [2.05, 4.69) is 10.5 Å². The lowest BCUT2D eigenvalue weighted by atomic mass is 10.1. The first-order chi connectivity index (χ1) is 13.7. The third-order valence-electron chi connectivity index (χ3n) is 4.74. The summed E-state index contributed by atoms with van der Waals surface area (Å²) in [5.41, 5.74) is 7.94. The Balaban J connectivity index is 1.77. The standard InChI is InChI=1S/C23H21N3O2/c1-15-12-16(27-2)13-22(28-3)19(15)14-24-26-23-17-8-4-6-10-20(17)25-21-11-7-5-9-18(21)23/h4-14H,1-3H3,(H,25,26)/b24-14+. The molecule has 0 aliphatic carbocycles. The molecule has 1 aromatic heterocycles. The van der Waals surface area contributed by atoms with Crippen LogP contribution in [0.3, 0.4) is 0 Å². The van der Waals surface area contributed by atoms with Crippen molar-refractivity contribution in [3.8, 4) is 11.5 Å². The van der Waals surface area contributed by atoms with Gasteiger partial charge in [-0.3, -0.25) is 5.43 Å². The first-order valence-electron chi connectivity index (χ1n) is 9.00. The average Bonchev–Trinajstić information content (AvgIpc) is 2.73. The van der Waals surface area contributed by atoms with Crippen molar-refractivity contribution in [2.75, 3.05) is 19.6 Å². The summed E-state index contributed by atoms with van der Waals surface area (Å²) in [6.45, 7) is 2.00. The van der Waals surface area contributed by atoms with Gasteiger partial charge in [0.15, 0.2) is 0 Å². The van der Waals surface area contributed by atoms with Gasteiger partial charge in [0, 0.05) is 22.4 Å². The molecule has 0 fully saturated rings. The van der Waals surface area contributed by atoms with E-state index >= 15 is 0 Å². The van der Waals surface area contributed by atoms with Gasteiger partial charge in [-0.15, -0.1) is 0 Å². The molecule has 3 aromatic carbocycles. The summed E-state index contributed by atoms with van der Waals surface area (Å²) in [7, 11) is 3.28. The average molecular weight is 371 g/mol. The highest BCUT2D eigenvalue weighted by Gasteiger charge is 2.09. The van der Waals surface area contributed by atoms with Crippen LogP contribution in [-0.4, -0.2) is 25.4 Å². The molecule has 4 rings (SSSR count). The Hall–Kier alpha value is -3.60. The van der Waals surface area contributed by atoms with Gasteiger partial charge < -0.3 is 9.47 Å². The van der Waals surface area contributed by atoms with Crippen molar-refractivity contribution in [2.24, 2.45) is 5.10 Å². The first kappa shape index (κ1) is 17.8. The van der Waals surface area contributed by atoms with E-state index in [1.165, 1.54) is 0 Å². The van der Waals surface area contributed by atoms with Crippen LogP contribution < -0.4 is 14.9 Å². The van der Waals surface area contributed by atoms with Crippen molar-refractivity contribution in [1.82, 2.24) is 4.98 Å². The van der Waals surface area contributed by atoms with Gasteiger partial charge in [0.2, 0.25) is 0 Å². The smallest absolute Gasteiger partial charge is 0.131 e. The van der Waals surface area contributed by atoms with Crippen molar-refractivity contribution >= 4 is 33.7 Å². The molecule has 5 heteroatoms. The maximum Gasteiger partial charge on any atom is 0.131 e. The summed E-state index contributed by atoms with van der Waals surface area (Å²) in [6.07, 6.45) is 1.78. The van der Waals surface area contributed by atoms with Crippen LogP contribution in [0.15, 0.2) is 65.8 Å². The van der Waals surface area contributed by atoms with E-state index in [1.54, 1.807) is 20.4 Å². The zero-order chi connectivity index (χ0) is 19.5. The maximum absolute atomic E-state index is 5.50. The number of aryl methyl sites for hydroxylation is 1. The van der Waals surface area contributed by atoms with Crippen molar-refractivity contribution < 1.29 is 9.47 Å². The number of ether oxygens (including phenoxy) is 2. The number of hydrogen-bond acceptors (Lipinski definition) is 5.